The van der Waals surface area contributed by atoms with E-state index < -0.39 is 11.9 Å². The summed E-state index contributed by atoms with van der Waals surface area (Å²) in [7, 11) is 0. The topological polar surface area (TPSA) is 68.4 Å². The van der Waals surface area contributed by atoms with Crippen LogP contribution in [0.25, 0.3) is 0 Å². The van der Waals surface area contributed by atoms with Gasteiger partial charge in [-0.2, -0.15) is 0 Å². The number of halogens is 1. The SMILES string of the molecule is CCOC(=O)c1[nH]c(C)c(C(=O)OCc2ccc(Cl)cc2)c1C. The molecule has 6 heteroatoms. The summed E-state index contributed by atoms with van der Waals surface area (Å²) >= 11 is 5.81. The molecule has 0 atom stereocenters. The number of H-pyrrole nitrogens is 1. The van der Waals surface area contributed by atoms with Crippen LogP contribution < -0.4 is 0 Å². The van der Waals surface area contributed by atoms with Crippen LogP contribution in [0.2, 0.25) is 5.02 Å². The Morgan fingerprint density at radius 1 is 1.09 bits per heavy atom. The maximum Gasteiger partial charge on any atom is 0.355 e. The first-order valence-corrected chi connectivity index (χ1v) is 7.59. The molecule has 2 aromatic rings. The summed E-state index contributed by atoms with van der Waals surface area (Å²) in [4.78, 5) is 27.0. The van der Waals surface area contributed by atoms with Crippen LogP contribution >= 0.6 is 11.6 Å². The van der Waals surface area contributed by atoms with Gasteiger partial charge in [-0.15, -0.1) is 0 Å². The highest BCUT2D eigenvalue weighted by molar-refractivity contribution is 6.30. The fraction of sp³-hybridized carbons (Fsp3) is 0.294. The third kappa shape index (κ3) is 3.93. The number of hydrogen-bond acceptors (Lipinski definition) is 4. The molecule has 0 aliphatic heterocycles. The molecule has 0 amide bonds. The summed E-state index contributed by atoms with van der Waals surface area (Å²) in [6, 6.07) is 7.04. The van der Waals surface area contributed by atoms with Crippen molar-refractivity contribution in [1.82, 2.24) is 4.98 Å². The quantitative estimate of drug-likeness (QED) is 0.843. The first kappa shape index (κ1) is 17.1. The number of esters is 2. The average molecular weight is 336 g/mol. The van der Waals surface area contributed by atoms with Crippen molar-refractivity contribution in [3.8, 4) is 0 Å². The zero-order valence-corrected chi connectivity index (χ0v) is 14.0. The minimum Gasteiger partial charge on any atom is -0.461 e. The van der Waals surface area contributed by atoms with Gasteiger partial charge in [0.15, 0.2) is 0 Å². The van der Waals surface area contributed by atoms with Crippen LogP contribution in [0.15, 0.2) is 24.3 Å². The predicted octanol–water partition coefficient (Wildman–Crippen LogP) is 3.82. The van der Waals surface area contributed by atoms with Gasteiger partial charge in [0.2, 0.25) is 0 Å². The molecule has 0 aliphatic carbocycles. The van der Waals surface area contributed by atoms with Crippen LogP contribution in [0.3, 0.4) is 0 Å². The van der Waals surface area contributed by atoms with Gasteiger partial charge in [-0.1, -0.05) is 23.7 Å². The Morgan fingerprint density at radius 2 is 1.74 bits per heavy atom. The van der Waals surface area contributed by atoms with E-state index in [2.05, 4.69) is 4.98 Å². The van der Waals surface area contributed by atoms with E-state index in [0.29, 0.717) is 21.8 Å². The first-order valence-electron chi connectivity index (χ1n) is 7.21. The highest BCUT2D eigenvalue weighted by Gasteiger charge is 2.23. The molecule has 0 unspecified atom stereocenters. The monoisotopic (exact) mass is 335 g/mol. The number of benzene rings is 1. The largest absolute Gasteiger partial charge is 0.461 e. The van der Waals surface area contributed by atoms with Crippen molar-refractivity contribution >= 4 is 23.5 Å². The number of rotatable bonds is 5. The van der Waals surface area contributed by atoms with E-state index in [0.717, 1.165) is 5.56 Å². The van der Waals surface area contributed by atoms with Crippen LogP contribution in [0.1, 0.15) is 44.6 Å². The van der Waals surface area contributed by atoms with E-state index in [1.807, 2.05) is 0 Å². The molecule has 1 heterocycles. The summed E-state index contributed by atoms with van der Waals surface area (Å²) in [5.41, 5.74) is 2.58. The maximum atomic E-state index is 12.3. The van der Waals surface area contributed by atoms with E-state index in [-0.39, 0.29) is 18.9 Å². The highest BCUT2D eigenvalue weighted by atomic mass is 35.5. The Labute approximate surface area is 139 Å². The second kappa shape index (κ2) is 7.33. The van der Waals surface area contributed by atoms with E-state index in [1.165, 1.54) is 0 Å². The molecule has 0 spiro atoms. The number of aryl methyl sites for hydroxylation is 1. The van der Waals surface area contributed by atoms with Gasteiger partial charge in [0.05, 0.1) is 12.2 Å². The molecule has 5 nitrogen and oxygen atoms in total. The zero-order chi connectivity index (χ0) is 17.0. The van der Waals surface area contributed by atoms with Crippen molar-refractivity contribution in [3.63, 3.8) is 0 Å². The molecule has 0 radical (unpaired) electrons. The summed E-state index contributed by atoms with van der Waals surface area (Å²) < 4.78 is 10.3. The molecule has 2 rings (SSSR count). The minimum atomic E-state index is -0.484. The Hall–Kier alpha value is -2.27. The molecule has 0 saturated heterocycles. The lowest BCUT2D eigenvalue weighted by Crippen LogP contribution is -2.09. The van der Waals surface area contributed by atoms with Crippen LogP contribution in [-0.2, 0) is 16.1 Å². The average Bonchev–Trinajstić information content (AvgIpc) is 2.82. The number of hydrogen-bond donors (Lipinski definition) is 1. The molecule has 1 N–H and O–H groups in total. The summed E-state index contributed by atoms with van der Waals surface area (Å²) in [6.45, 7) is 5.54. The van der Waals surface area contributed by atoms with E-state index in [1.54, 1.807) is 45.0 Å². The van der Waals surface area contributed by atoms with E-state index in [4.69, 9.17) is 21.1 Å². The lowest BCUT2D eigenvalue weighted by atomic mass is 10.1. The van der Waals surface area contributed by atoms with Gasteiger partial charge in [-0.25, -0.2) is 9.59 Å². The number of aromatic amines is 1. The number of aromatic nitrogens is 1. The summed E-state index contributed by atoms with van der Waals surface area (Å²) in [6.07, 6.45) is 0. The number of ether oxygens (including phenoxy) is 2. The highest BCUT2D eigenvalue weighted by Crippen LogP contribution is 2.20. The molecule has 23 heavy (non-hydrogen) atoms. The molecular formula is C17H18ClNO4. The molecule has 122 valence electrons. The van der Waals surface area contributed by atoms with Crippen LogP contribution in [0.5, 0.6) is 0 Å². The number of nitrogens with one attached hydrogen (secondary N) is 1. The van der Waals surface area contributed by atoms with Crippen molar-refractivity contribution in [2.75, 3.05) is 6.61 Å². The van der Waals surface area contributed by atoms with Crippen molar-refractivity contribution in [2.24, 2.45) is 0 Å². The van der Waals surface area contributed by atoms with Gasteiger partial charge < -0.3 is 14.5 Å². The second-order valence-corrected chi connectivity index (χ2v) is 5.48. The number of carbonyl (C=O) groups excluding carboxylic acids is 2. The van der Waals surface area contributed by atoms with Gasteiger partial charge in [-0.3, -0.25) is 0 Å². The van der Waals surface area contributed by atoms with E-state index >= 15 is 0 Å². The van der Waals surface area contributed by atoms with Gasteiger partial charge in [0, 0.05) is 10.7 Å². The lowest BCUT2D eigenvalue weighted by Gasteiger charge is -2.06. The van der Waals surface area contributed by atoms with Gasteiger partial charge in [0.25, 0.3) is 0 Å². The molecular weight excluding hydrogens is 318 g/mol. The normalized spacial score (nSPS) is 10.4. The Balaban J connectivity index is 2.13. The summed E-state index contributed by atoms with van der Waals surface area (Å²) in [5.74, 6) is -0.966. The third-order valence-electron chi connectivity index (χ3n) is 3.40. The smallest absolute Gasteiger partial charge is 0.355 e. The minimum absolute atomic E-state index is 0.134. The van der Waals surface area contributed by atoms with Crippen molar-refractivity contribution < 1.29 is 19.1 Å². The van der Waals surface area contributed by atoms with Crippen LogP contribution in [-0.4, -0.2) is 23.5 Å². The molecule has 0 fully saturated rings. The predicted molar refractivity (Wildman–Crippen MR) is 86.8 cm³/mol. The zero-order valence-electron chi connectivity index (χ0n) is 13.2. The van der Waals surface area contributed by atoms with Crippen LogP contribution in [0, 0.1) is 13.8 Å². The Morgan fingerprint density at radius 3 is 2.35 bits per heavy atom. The van der Waals surface area contributed by atoms with Gasteiger partial charge in [0.1, 0.15) is 12.3 Å². The van der Waals surface area contributed by atoms with Crippen molar-refractivity contribution in [3.05, 3.63) is 57.4 Å². The maximum absolute atomic E-state index is 12.3. The molecule has 1 aromatic heterocycles. The fourth-order valence-corrected chi connectivity index (χ4v) is 2.39. The summed E-state index contributed by atoms with van der Waals surface area (Å²) in [5, 5.41) is 0.622. The molecule has 0 aliphatic rings. The Bertz CT molecular complexity index is 719. The number of carbonyl (C=O) groups is 2. The second-order valence-electron chi connectivity index (χ2n) is 5.05. The van der Waals surface area contributed by atoms with Crippen LogP contribution in [0.4, 0.5) is 0 Å². The molecule has 0 bridgehead atoms. The Kier molecular flexibility index (Phi) is 5.45. The lowest BCUT2D eigenvalue weighted by molar-refractivity contribution is 0.0471. The van der Waals surface area contributed by atoms with E-state index in [9.17, 15) is 9.59 Å². The van der Waals surface area contributed by atoms with Gasteiger partial charge in [-0.05, 0) is 44.0 Å². The standard InChI is InChI=1S/C17H18ClNO4/c1-4-22-17(21)15-10(2)14(11(3)19-15)16(20)23-9-12-5-7-13(18)8-6-12/h5-8,19H,4,9H2,1-3H3. The molecule has 1 aromatic carbocycles. The van der Waals surface area contributed by atoms with Crippen molar-refractivity contribution in [1.29, 1.82) is 0 Å². The third-order valence-corrected chi connectivity index (χ3v) is 3.66. The fourth-order valence-electron chi connectivity index (χ4n) is 2.27. The van der Waals surface area contributed by atoms with Crippen molar-refractivity contribution in [2.45, 2.75) is 27.4 Å². The molecule has 0 saturated carbocycles. The first-order chi connectivity index (χ1) is 10.9. The van der Waals surface area contributed by atoms with Gasteiger partial charge >= 0.3 is 11.9 Å².